The van der Waals surface area contributed by atoms with Gasteiger partial charge in [0.15, 0.2) is 0 Å². The van der Waals surface area contributed by atoms with Crippen molar-refractivity contribution in [3.05, 3.63) is 60.2 Å². The number of rotatable bonds is 12. The lowest BCUT2D eigenvalue weighted by Crippen LogP contribution is -2.49. The van der Waals surface area contributed by atoms with Crippen molar-refractivity contribution in [2.45, 2.75) is 43.7 Å². The van der Waals surface area contributed by atoms with Crippen molar-refractivity contribution in [1.82, 2.24) is 9.62 Å². The van der Waals surface area contributed by atoms with Crippen LogP contribution in [0.4, 0.5) is 4.79 Å². The molecule has 0 saturated heterocycles. The highest BCUT2D eigenvalue weighted by Gasteiger charge is 2.25. The summed E-state index contributed by atoms with van der Waals surface area (Å²) in [5.41, 5.74) is 1.04. The SMILES string of the molecule is CCC(C)CN(CC(O)C(Cc1ccccc1)NC(=O)OC)Sc1ccc(OC)cc1. The van der Waals surface area contributed by atoms with Crippen LogP contribution in [0.15, 0.2) is 59.5 Å². The zero-order valence-electron chi connectivity index (χ0n) is 18.8. The van der Waals surface area contributed by atoms with E-state index >= 15 is 0 Å². The van der Waals surface area contributed by atoms with Crippen LogP contribution in [0.2, 0.25) is 0 Å². The Bertz CT molecular complexity index is 773. The van der Waals surface area contributed by atoms with Crippen molar-refractivity contribution < 1.29 is 19.4 Å². The molecule has 0 aliphatic carbocycles. The van der Waals surface area contributed by atoms with E-state index in [-0.39, 0.29) is 0 Å². The zero-order valence-corrected chi connectivity index (χ0v) is 19.6. The summed E-state index contributed by atoms with van der Waals surface area (Å²) in [7, 11) is 2.98. The minimum Gasteiger partial charge on any atom is -0.497 e. The van der Waals surface area contributed by atoms with E-state index in [1.54, 1.807) is 19.1 Å². The normalized spacial score (nSPS) is 14.0. The van der Waals surface area contributed by atoms with Gasteiger partial charge < -0.3 is 19.9 Å². The second kappa shape index (κ2) is 13.2. The van der Waals surface area contributed by atoms with Crippen LogP contribution in [0.5, 0.6) is 5.75 Å². The quantitative estimate of drug-likeness (QED) is 0.472. The van der Waals surface area contributed by atoms with E-state index in [4.69, 9.17) is 9.47 Å². The third kappa shape index (κ3) is 8.81. The first-order chi connectivity index (χ1) is 14.9. The number of carbonyl (C=O) groups is 1. The molecule has 0 aliphatic heterocycles. The van der Waals surface area contributed by atoms with E-state index < -0.39 is 18.2 Å². The summed E-state index contributed by atoms with van der Waals surface area (Å²) >= 11 is 1.60. The van der Waals surface area contributed by atoms with E-state index in [1.807, 2.05) is 54.6 Å². The molecule has 1 amide bonds. The lowest BCUT2D eigenvalue weighted by atomic mass is 10.0. The summed E-state index contributed by atoms with van der Waals surface area (Å²) in [6.45, 7) is 5.58. The molecule has 0 bridgehead atoms. The first kappa shape index (κ1) is 25.0. The van der Waals surface area contributed by atoms with Crippen LogP contribution in [0.3, 0.4) is 0 Å². The second-order valence-corrected chi connectivity index (χ2v) is 8.80. The van der Waals surface area contributed by atoms with Crippen LogP contribution in [0.25, 0.3) is 0 Å². The van der Waals surface area contributed by atoms with Gasteiger partial charge in [-0.2, -0.15) is 0 Å². The monoisotopic (exact) mass is 446 g/mol. The summed E-state index contributed by atoms with van der Waals surface area (Å²) in [6.07, 6.45) is 0.246. The lowest BCUT2D eigenvalue weighted by molar-refractivity contribution is 0.0963. The third-order valence-electron chi connectivity index (χ3n) is 5.15. The molecular weight excluding hydrogens is 412 g/mol. The Balaban J connectivity index is 2.13. The maximum absolute atomic E-state index is 11.9. The van der Waals surface area contributed by atoms with Gasteiger partial charge in [-0.15, -0.1) is 0 Å². The molecule has 3 unspecified atom stereocenters. The number of aliphatic hydroxyl groups excluding tert-OH is 1. The maximum Gasteiger partial charge on any atom is 0.407 e. The van der Waals surface area contributed by atoms with Crippen LogP contribution in [-0.2, 0) is 11.2 Å². The van der Waals surface area contributed by atoms with Gasteiger partial charge in [0.2, 0.25) is 0 Å². The summed E-state index contributed by atoms with van der Waals surface area (Å²) in [4.78, 5) is 13.0. The van der Waals surface area contributed by atoms with Gasteiger partial charge in [0.1, 0.15) is 5.75 Å². The van der Waals surface area contributed by atoms with Gasteiger partial charge in [0, 0.05) is 18.0 Å². The van der Waals surface area contributed by atoms with Gasteiger partial charge in [-0.25, -0.2) is 9.10 Å². The Morgan fingerprint density at radius 3 is 2.35 bits per heavy atom. The number of nitrogens with one attached hydrogen (secondary N) is 1. The van der Waals surface area contributed by atoms with Crippen molar-refractivity contribution in [1.29, 1.82) is 0 Å². The molecule has 3 atom stereocenters. The number of hydrogen-bond donors (Lipinski definition) is 2. The molecule has 31 heavy (non-hydrogen) atoms. The molecule has 0 spiro atoms. The van der Waals surface area contributed by atoms with E-state index in [2.05, 4.69) is 23.5 Å². The number of aliphatic hydroxyl groups is 1. The number of alkyl carbamates (subject to hydrolysis) is 1. The number of ether oxygens (including phenoxy) is 2. The smallest absolute Gasteiger partial charge is 0.407 e. The molecule has 0 aromatic heterocycles. The molecule has 0 fully saturated rings. The van der Waals surface area contributed by atoms with Crippen LogP contribution in [0, 0.1) is 5.92 Å². The highest BCUT2D eigenvalue weighted by molar-refractivity contribution is 7.97. The summed E-state index contributed by atoms with van der Waals surface area (Å²) < 4.78 is 12.2. The van der Waals surface area contributed by atoms with Gasteiger partial charge in [-0.3, -0.25) is 0 Å². The Kier molecular flexibility index (Phi) is 10.7. The molecule has 0 radical (unpaired) electrons. The maximum atomic E-state index is 11.9. The summed E-state index contributed by atoms with van der Waals surface area (Å²) in [6, 6.07) is 17.2. The molecule has 0 heterocycles. The fourth-order valence-electron chi connectivity index (χ4n) is 3.11. The predicted molar refractivity (Wildman–Crippen MR) is 125 cm³/mol. The number of benzene rings is 2. The Labute approximate surface area is 190 Å². The van der Waals surface area contributed by atoms with Gasteiger partial charge in [-0.1, -0.05) is 50.6 Å². The molecule has 0 aliphatic rings. The van der Waals surface area contributed by atoms with Crippen LogP contribution in [-0.4, -0.2) is 55.0 Å². The zero-order chi connectivity index (χ0) is 22.6. The van der Waals surface area contributed by atoms with E-state index in [1.165, 1.54) is 7.11 Å². The van der Waals surface area contributed by atoms with Crippen LogP contribution >= 0.6 is 11.9 Å². The predicted octanol–water partition coefficient (Wildman–Crippen LogP) is 4.38. The van der Waals surface area contributed by atoms with Crippen molar-refractivity contribution >= 4 is 18.0 Å². The average molecular weight is 447 g/mol. The second-order valence-electron chi connectivity index (χ2n) is 7.63. The van der Waals surface area contributed by atoms with Crippen LogP contribution in [0.1, 0.15) is 25.8 Å². The Morgan fingerprint density at radius 2 is 1.77 bits per heavy atom. The molecule has 2 N–H and O–H groups in total. The topological polar surface area (TPSA) is 71.0 Å². The van der Waals surface area contributed by atoms with Crippen molar-refractivity contribution in [3.8, 4) is 5.75 Å². The Hall–Kier alpha value is -2.22. The van der Waals surface area contributed by atoms with E-state index in [0.717, 1.165) is 29.2 Å². The molecule has 2 aromatic rings. The largest absolute Gasteiger partial charge is 0.497 e. The summed E-state index contributed by atoms with van der Waals surface area (Å²) in [5.74, 6) is 1.28. The minimum atomic E-state index is -0.769. The van der Waals surface area contributed by atoms with Gasteiger partial charge in [0.05, 0.1) is 26.4 Å². The van der Waals surface area contributed by atoms with Crippen molar-refractivity contribution in [3.63, 3.8) is 0 Å². The minimum absolute atomic E-state index is 0.405. The third-order valence-corrected chi connectivity index (χ3v) is 6.19. The van der Waals surface area contributed by atoms with E-state index in [9.17, 15) is 9.90 Å². The number of amides is 1. The number of nitrogens with zero attached hydrogens (tertiary/aromatic N) is 1. The molecule has 6 nitrogen and oxygen atoms in total. The highest BCUT2D eigenvalue weighted by Crippen LogP contribution is 2.27. The fourth-order valence-corrected chi connectivity index (χ4v) is 4.22. The van der Waals surface area contributed by atoms with E-state index in [0.29, 0.717) is 18.9 Å². The molecule has 7 heteroatoms. The Morgan fingerprint density at radius 1 is 1.10 bits per heavy atom. The highest BCUT2D eigenvalue weighted by atomic mass is 32.2. The number of hydrogen-bond acceptors (Lipinski definition) is 6. The van der Waals surface area contributed by atoms with Gasteiger partial charge in [0.25, 0.3) is 0 Å². The van der Waals surface area contributed by atoms with Gasteiger partial charge in [-0.05, 0) is 54.1 Å². The van der Waals surface area contributed by atoms with Crippen molar-refractivity contribution in [2.24, 2.45) is 5.92 Å². The molecule has 2 rings (SSSR count). The molecule has 2 aromatic carbocycles. The molecule has 170 valence electrons. The lowest BCUT2D eigenvalue weighted by Gasteiger charge is -2.30. The van der Waals surface area contributed by atoms with Crippen LogP contribution < -0.4 is 10.1 Å². The average Bonchev–Trinajstić information content (AvgIpc) is 2.79. The molecule has 0 saturated carbocycles. The number of methoxy groups -OCH3 is 2. The first-order valence-corrected chi connectivity index (χ1v) is 11.4. The van der Waals surface area contributed by atoms with Crippen molar-refractivity contribution in [2.75, 3.05) is 27.3 Å². The standard InChI is InChI=1S/C24H34N2O4S/c1-5-18(2)16-26(31-21-13-11-20(29-3)12-14-21)17-23(27)22(25-24(28)30-4)15-19-9-7-6-8-10-19/h6-14,18,22-23,27H,5,15-17H2,1-4H3,(H,25,28). The summed E-state index contributed by atoms with van der Waals surface area (Å²) in [5, 5.41) is 13.9. The number of carbonyl (C=O) groups excluding carboxylic acids is 1. The fraction of sp³-hybridized carbons (Fsp3) is 0.458. The first-order valence-electron chi connectivity index (χ1n) is 10.6. The molecular formula is C24H34N2O4S. The van der Waals surface area contributed by atoms with Gasteiger partial charge >= 0.3 is 6.09 Å².